The summed E-state index contributed by atoms with van der Waals surface area (Å²) in [7, 11) is 1.44. The topological polar surface area (TPSA) is 49.8 Å². The van der Waals surface area contributed by atoms with Crippen LogP contribution in [0.3, 0.4) is 0 Å². The first-order valence-corrected chi connectivity index (χ1v) is 6.88. The number of carbonyl (C=O) groups is 1. The van der Waals surface area contributed by atoms with Gasteiger partial charge < -0.3 is 9.84 Å². The van der Waals surface area contributed by atoms with E-state index in [0.717, 1.165) is 31.4 Å². The van der Waals surface area contributed by atoms with E-state index in [4.69, 9.17) is 9.84 Å². The van der Waals surface area contributed by atoms with Gasteiger partial charge in [0, 0.05) is 12.6 Å². The number of likely N-dealkylation sites (tertiary alicyclic amines) is 1. The first kappa shape index (κ1) is 14.8. The Bertz CT molecular complexity index is 478. The maximum atomic E-state index is 13.7. The molecular formula is C15H20FNO3. The molecule has 1 fully saturated rings. The van der Waals surface area contributed by atoms with E-state index in [-0.39, 0.29) is 24.0 Å². The van der Waals surface area contributed by atoms with Crippen molar-refractivity contribution in [1.82, 2.24) is 4.90 Å². The molecule has 0 bridgehead atoms. The normalized spacial score (nSPS) is 19.8. The van der Waals surface area contributed by atoms with E-state index in [2.05, 4.69) is 4.90 Å². The lowest BCUT2D eigenvalue weighted by atomic mass is 9.98. The SMILES string of the molecule is COc1ccc(CN2CCCCC2CC(=O)O)cc1F. The van der Waals surface area contributed by atoms with Gasteiger partial charge in [-0.2, -0.15) is 0 Å². The van der Waals surface area contributed by atoms with E-state index in [1.165, 1.54) is 13.2 Å². The largest absolute Gasteiger partial charge is 0.494 e. The van der Waals surface area contributed by atoms with Crippen molar-refractivity contribution in [3.05, 3.63) is 29.6 Å². The van der Waals surface area contributed by atoms with Crippen LogP contribution in [0.15, 0.2) is 18.2 Å². The van der Waals surface area contributed by atoms with Crippen molar-refractivity contribution in [2.45, 2.75) is 38.3 Å². The number of benzene rings is 1. The van der Waals surface area contributed by atoms with E-state index in [0.29, 0.717) is 6.54 Å². The summed E-state index contributed by atoms with van der Waals surface area (Å²) in [5.41, 5.74) is 0.848. The zero-order valence-corrected chi connectivity index (χ0v) is 11.6. The lowest BCUT2D eigenvalue weighted by Crippen LogP contribution is -2.40. The molecule has 1 atom stereocenters. The molecule has 1 heterocycles. The molecule has 110 valence electrons. The number of piperidine rings is 1. The summed E-state index contributed by atoms with van der Waals surface area (Å²) in [6.45, 7) is 1.45. The second-order valence-corrected chi connectivity index (χ2v) is 5.19. The molecule has 20 heavy (non-hydrogen) atoms. The fourth-order valence-electron chi connectivity index (χ4n) is 2.74. The highest BCUT2D eigenvalue weighted by Crippen LogP contribution is 2.24. The van der Waals surface area contributed by atoms with E-state index in [1.54, 1.807) is 6.07 Å². The molecule has 1 N–H and O–H groups in total. The van der Waals surface area contributed by atoms with Crippen molar-refractivity contribution in [2.75, 3.05) is 13.7 Å². The van der Waals surface area contributed by atoms with Crippen LogP contribution in [0.1, 0.15) is 31.2 Å². The number of halogens is 1. The summed E-state index contributed by atoms with van der Waals surface area (Å²) >= 11 is 0. The Morgan fingerprint density at radius 1 is 1.50 bits per heavy atom. The third-order valence-electron chi connectivity index (χ3n) is 3.76. The number of aliphatic carboxylic acids is 1. The highest BCUT2D eigenvalue weighted by atomic mass is 19.1. The fourth-order valence-corrected chi connectivity index (χ4v) is 2.74. The van der Waals surface area contributed by atoms with E-state index in [1.807, 2.05) is 6.07 Å². The average molecular weight is 281 g/mol. The minimum Gasteiger partial charge on any atom is -0.494 e. The van der Waals surface area contributed by atoms with Gasteiger partial charge in [-0.1, -0.05) is 12.5 Å². The first-order valence-electron chi connectivity index (χ1n) is 6.88. The molecule has 2 rings (SSSR count). The molecular weight excluding hydrogens is 261 g/mol. The number of rotatable bonds is 5. The number of hydrogen-bond donors (Lipinski definition) is 1. The second-order valence-electron chi connectivity index (χ2n) is 5.19. The zero-order valence-electron chi connectivity index (χ0n) is 11.6. The molecule has 0 aromatic heterocycles. The van der Waals surface area contributed by atoms with Crippen molar-refractivity contribution < 1.29 is 19.0 Å². The van der Waals surface area contributed by atoms with Crippen LogP contribution in [-0.2, 0) is 11.3 Å². The van der Waals surface area contributed by atoms with Gasteiger partial charge in [0.05, 0.1) is 13.5 Å². The lowest BCUT2D eigenvalue weighted by molar-refractivity contribution is -0.138. The van der Waals surface area contributed by atoms with Gasteiger partial charge in [0.2, 0.25) is 0 Å². The van der Waals surface area contributed by atoms with Gasteiger partial charge in [-0.15, -0.1) is 0 Å². The van der Waals surface area contributed by atoms with Gasteiger partial charge in [0.1, 0.15) is 0 Å². The Morgan fingerprint density at radius 2 is 2.30 bits per heavy atom. The predicted octanol–water partition coefficient (Wildman–Crippen LogP) is 2.66. The fraction of sp³-hybridized carbons (Fsp3) is 0.533. The molecule has 1 aromatic rings. The summed E-state index contributed by atoms with van der Waals surface area (Å²) in [4.78, 5) is 13.0. The Morgan fingerprint density at radius 3 is 2.95 bits per heavy atom. The number of nitrogens with zero attached hydrogens (tertiary/aromatic N) is 1. The van der Waals surface area contributed by atoms with Gasteiger partial charge in [-0.25, -0.2) is 4.39 Å². The number of carboxylic acids is 1. The van der Waals surface area contributed by atoms with E-state index in [9.17, 15) is 9.18 Å². The van der Waals surface area contributed by atoms with Crippen molar-refractivity contribution in [2.24, 2.45) is 0 Å². The van der Waals surface area contributed by atoms with Crippen molar-refractivity contribution in [3.8, 4) is 5.75 Å². The van der Waals surface area contributed by atoms with Gasteiger partial charge in [-0.3, -0.25) is 9.69 Å². The monoisotopic (exact) mass is 281 g/mol. The third-order valence-corrected chi connectivity index (χ3v) is 3.76. The molecule has 0 radical (unpaired) electrons. The molecule has 0 spiro atoms. The Balaban J connectivity index is 2.06. The summed E-state index contributed by atoms with van der Waals surface area (Å²) in [5, 5.41) is 8.96. The Hall–Kier alpha value is -1.62. The van der Waals surface area contributed by atoms with Crippen LogP contribution in [0.5, 0.6) is 5.75 Å². The lowest BCUT2D eigenvalue weighted by Gasteiger charge is -2.35. The molecule has 1 aliphatic rings. The Labute approximate surface area is 118 Å². The van der Waals surface area contributed by atoms with Crippen molar-refractivity contribution in [1.29, 1.82) is 0 Å². The summed E-state index contributed by atoms with van der Waals surface area (Å²) in [5.74, 6) is -0.922. The quantitative estimate of drug-likeness (QED) is 0.901. The smallest absolute Gasteiger partial charge is 0.304 e. The van der Waals surface area contributed by atoms with Crippen LogP contribution >= 0.6 is 0 Å². The maximum absolute atomic E-state index is 13.7. The van der Waals surface area contributed by atoms with Crippen molar-refractivity contribution >= 4 is 5.97 Å². The molecule has 0 amide bonds. The molecule has 1 unspecified atom stereocenters. The molecule has 0 saturated carbocycles. The molecule has 1 aromatic carbocycles. The minimum absolute atomic E-state index is 0.0476. The van der Waals surface area contributed by atoms with E-state index < -0.39 is 5.97 Å². The Kier molecular flexibility index (Phi) is 4.95. The second kappa shape index (κ2) is 6.70. The third kappa shape index (κ3) is 3.70. The highest BCUT2D eigenvalue weighted by molar-refractivity contribution is 5.67. The van der Waals surface area contributed by atoms with Crippen LogP contribution in [0.4, 0.5) is 4.39 Å². The standard InChI is InChI=1S/C15H20FNO3/c1-20-14-6-5-11(8-13(14)16)10-17-7-3-2-4-12(17)9-15(18)19/h5-6,8,12H,2-4,7,9-10H2,1H3,(H,18,19). The van der Waals surface area contributed by atoms with Crippen molar-refractivity contribution in [3.63, 3.8) is 0 Å². The number of hydrogen-bond acceptors (Lipinski definition) is 3. The summed E-state index contributed by atoms with van der Waals surface area (Å²) in [6.07, 6.45) is 3.17. The maximum Gasteiger partial charge on any atom is 0.304 e. The van der Waals surface area contributed by atoms with Crippen LogP contribution in [-0.4, -0.2) is 35.7 Å². The summed E-state index contributed by atoms with van der Waals surface area (Å²) < 4.78 is 18.6. The molecule has 4 nitrogen and oxygen atoms in total. The van der Waals surface area contributed by atoms with Gasteiger partial charge in [-0.05, 0) is 37.1 Å². The van der Waals surface area contributed by atoms with Crippen LogP contribution in [0.2, 0.25) is 0 Å². The van der Waals surface area contributed by atoms with E-state index >= 15 is 0 Å². The summed E-state index contributed by atoms with van der Waals surface area (Å²) in [6, 6.07) is 4.95. The molecule has 1 aliphatic heterocycles. The predicted molar refractivity (Wildman–Crippen MR) is 73.3 cm³/mol. The minimum atomic E-state index is -0.775. The average Bonchev–Trinajstić information content (AvgIpc) is 2.41. The number of methoxy groups -OCH3 is 1. The molecule has 5 heteroatoms. The van der Waals surface area contributed by atoms with Crippen LogP contribution < -0.4 is 4.74 Å². The molecule has 0 aliphatic carbocycles. The van der Waals surface area contributed by atoms with Gasteiger partial charge in [0.15, 0.2) is 11.6 Å². The first-order chi connectivity index (χ1) is 9.60. The van der Waals surface area contributed by atoms with Crippen LogP contribution in [0.25, 0.3) is 0 Å². The number of carboxylic acid groups (broad SMARTS) is 1. The number of ether oxygens (including phenoxy) is 1. The van der Waals surface area contributed by atoms with Gasteiger partial charge >= 0.3 is 5.97 Å². The zero-order chi connectivity index (χ0) is 14.5. The van der Waals surface area contributed by atoms with Gasteiger partial charge in [0.25, 0.3) is 0 Å². The highest BCUT2D eigenvalue weighted by Gasteiger charge is 2.24. The molecule has 1 saturated heterocycles. The van der Waals surface area contributed by atoms with Crippen LogP contribution in [0, 0.1) is 5.82 Å².